The van der Waals surface area contributed by atoms with E-state index in [0.29, 0.717) is 10.6 Å². The van der Waals surface area contributed by atoms with E-state index in [1.165, 1.54) is 25.3 Å². The summed E-state index contributed by atoms with van der Waals surface area (Å²) in [6, 6.07) is 10.3. The second kappa shape index (κ2) is 7.57. The first-order valence-corrected chi connectivity index (χ1v) is 7.50. The molecule has 0 radical (unpaired) electrons. The zero-order valence-corrected chi connectivity index (χ0v) is 13.7. The quantitative estimate of drug-likeness (QED) is 0.579. The SMILES string of the molecule is COC(=O)C(CC(=O)c1ccc(Cl)cc1)c1c(F)cccc1Cl. The Balaban J connectivity index is 2.35. The first-order chi connectivity index (χ1) is 10.9. The number of methoxy groups -OCH3 is 1. The van der Waals surface area contributed by atoms with Gasteiger partial charge in [-0.2, -0.15) is 0 Å². The van der Waals surface area contributed by atoms with Gasteiger partial charge in [0.2, 0.25) is 0 Å². The number of halogens is 3. The molecule has 0 saturated heterocycles. The van der Waals surface area contributed by atoms with Gasteiger partial charge in [0.15, 0.2) is 5.78 Å². The van der Waals surface area contributed by atoms with Gasteiger partial charge in [-0.25, -0.2) is 4.39 Å². The second-order valence-corrected chi connectivity index (χ2v) is 5.69. The highest BCUT2D eigenvalue weighted by Crippen LogP contribution is 2.31. The number of ketones is 1. The van der Waals surface area contributed by atoms with Gasteiger partial charge >= 0.3 is 5.97 Å². The molecule has 0 aromatic heterocycles. The highest BCUT2D eigenvalue weighted by molar-refractivity contribution is 6.31. The van der Waals surface area contributed by atoms with E-state index in [4.69, 9.17) is 27.9 Å². The van der Waals surface area contributed by atoms with Crippen molar-refractivity contribution in [3.63, 3.8) is 0 Å². The summed E-state index contributed by atoms with van der Waals surface area (Å²) < 4.78 is 18.8. The Bertz CT molecular complexity index is 709. The summed E-state index contributed by atoms with van der Waals surface area (Å²) in [5, 5.41) is 0.563. The lowest BCUT2D eigenvalue weighted by Gasteiger charge is -2.16. The Morgan fingerprint density at radius 3 is 2.35 bits per heavy atom. The maximum atomic E-state index is 14.1. The molecule has 0 amide bonds. The number of ether oxygens (including phenoxy) is 1. The molecule has 0 aliphatic heterocycles. The Labute approximate surface area is 143 Å². The molecule has 0 spiro atoms. The van der Waals surface area contributed by atoms with Crippen molar-refractivity contribution in [3.05, 3.63) is 69.5 Å². The summed E-state index contributed by atoms with van der Waals surface area (Å²) in [6.45, 7) is 0. The van der Waals surface area contributed by atoms with Crippen molar-refractivity contribution in [2.45, 2.75) is 12.3 Å². The summed E-state index contributed by atoms with van der Waals surface area (Å²) in [7, 11) is 1.18. The van der Waals surface area contributed by atoms with Gasteiger partial charge in [-0.3, -0.25) is 9.59 Å². The predicted molar refractivity (Wildman–Crippen MR) is 86.6 cm³/mol. The zero-order chi connectivity index (χ0) is 17.0. The lowest BCUT2D eigenvalue weighted by molar-refractivity contribution is -0.142. The lowest BCUT2D eigenvalue weighted by Crippen LogP contribution is -2.20. The van der Waals surface area contributed by atoms with E-state index in [-0.39, 0.29) is 22.8 Å². The summed E-state index contributed by atoms with van der Waals surface area (Å²) >= 11 is 11.8. The van der Waals surface area contributed by atoms with Gasteiger partial charge in [0.25, 0.3) is 0 Å². The number of carbonyl (C=O) groups excluding carboxylic acids is 2. The standard InChI is InChI=1S/C17H13Cl2FO3/c1-23-17(22)12(16-13(19)3-2-4-14(16)20)9-15(21)10-5-7-11(18)8-6-10/h2-8,12H,9H2,1H3. The van der Waals surface area contributed by atoms with Crippen LogP contribution in [0.1, 0.15) is 28.3 Å². The molecule has 120 valence electrons. The number of rotatable bonds is 5. The minimum Gasteiger partial charge on any atom is -0.469 e. The molecule has 0 aliphatic rings. The lowest BCUT2D eigenvalue weighted by atomic mass is 9.91. The Kier molecular flexibility index (Phi) is 5.74. The van der Waals surface area contributed by atoms with Gasteiger partial charge in [0.1, 0.15) is 5.82 Å². The third-order valence-electron chi connectivity index (χ3n) is 3.39. The maximum absolute atomic E-state index is 14.1. The van der Waals surface area contributed by atoms with E-state index in [1.807, 2.05) is 0 Å². The minimum atomic E-state index is -1.11. The van der Waals surface area contributed by atoms with Gasteiger partial charge in [0, 0.05) is 27.6 Å². The third kappa shape index (κ3) is 4.09. The minimum absolute atomic E-state index is 0.0386. The van der Waals surface area contributed by atoms with Crippen LogP contribution in [0.3, 0.4) is 0 Å². The third-order valence-corrected chi connectivity index (χ3v) is 3.97. The molecule has 0 bridgehead atoms. The van der Waals surface area contributed by atoms with E-state index >= 15 is 0 Å². The fraction of sp³-hybridized carbons (Fsp3) is 0.176. The number of esters is 1. The first-order valence-electron chi connectivity index (χ1n) is 6.74. The summed E-state index contributed by atoms with van der Waals surface area (Å²) in [5.41, 5.74) is 0.332. The van der Waals surface area contributed by atoms with Crippen molar-refractivity contribution in [2.75, 3.05) is 7.11 Å². The predicted octanol–water partition coefficient (Wildman–Crippen LogP) is 4.66. The Morgan fingerprint density at radius 1 is 1.13 bits per heavy atom. The molecule has 1 unspecified atom stereocenters. The number of hydrogen-bond donors (Lipinski definition) is 0. The second-order valence-electron chi connectivity index (χ2n) is 4.85. The number of hydrogen-bond acceptors (Lipinski definition) is 3. The highest BCUT2D eigenvalue weighted by Gasteiger charge is 2.29. The zero-order valence-electron chi connectivity index (χ0n) is 12.2. The van der Waals surface area contributed by atoms with E-state index in [9.17, 15) is 14.0 Å². The molecule has 0 fully saturated rings. The Hall–Kier alpha value is -1.91. The molecule has 0 saturated carbocycles. The van der Waals surface area contributed by atoms with E-state index < -0.39 is 17.7 Å². The monoisotopic (exact) mass is 354 g/mol. The average Bonchev–Trinajstić information content (AvgIpc) is 2.53. The van der Waals surface area contributed by atoms with Crippen molar-refractivity contribution < 1.29 is 18.7 Å². The van der Waals surface area contributed by atoms with Crippen LogP contribution in [0.15, 0.2) is 42.5 Å². The molecule has 2 rings (SSSR count). The largest absolute Gasteiger partial charge is 0.469 e. The van der Waals surface area contributed by atoms with Crippen LogP contribution in [-0.2, 0) is 9.53 Å². The summed E-state index contributed by atoms with van der Waals surface area (Å²) in [6.07, 6.45) is -0.255. The van der Waals surface area contributed by atoms with Crippen LogP contribution in [-0.4, -0.2) is 18.9 Å². The normalized spacial score (nSPS) is 11.8. The molecule has 0 N–H and O–H groups in total. The number of carbonyl (C=O) groups is 2. The maximum Gasteiger partial charge on any atom is 0.313 e. The van der Waals surface area contributed by atoms with Crippen molar-refractivity contribution in [2.24, 2.45) is 0 Å². The fourth-order valence-corrected chi connectivity index (χ4v) is 2.65. The van der Waals surface area contributed by atoms with Crippen LogP contribution < -0.4 is 0 Å². The van der Waals surface area contributed by atoms with Crippen molar-refractivity contribution >= 4 is 35.0 Å². The van der Waals surface area contributed by atoms with Crippen LogP contribution in [0.2, 0.25) is 10.0 Å². The molecule has 6 heteroatoms. The molecule has 0 aliphatic carbocycles. The van der Waals surface area contributed by atoms with Gasteiger partial charge in [-0.1, -0.05) is 29.3 Å². The van der Waals surface area contributed by atoms with Crippen LogP contribution in [0.4, 0.5) is 4.39 Å². The molecular weight excluding hydrogens is 342 g/mol. The van der Waals surface area contributed by atoms with Crippen LogP contribution in [0.5, 0.6) is 0 Å². The summed E-state index contributed by atoms with van der Waals surface area (Å²) in [4.78, 5) is 24.4. The van der Waals surface area contributed by atoms with E-state index in [1.54, 1.807) is 24.3 Å². The van der Waals surface area contributed by atoms with Crippen LogP contribution >= 0.6 is 23.2 Å². The van der Waals surface area contributed by atoms with Gasteiger partial charge in [0.05, 0.1) is 13.0 Å². The van der Waals surface area contributed by atoms with Gasteiger partial charge in [-0.05, 0) is 36.4 Å². The molecular formula is C17H13Cl2FO3. The van der Waals surface area contributed by atoms with Gasteiger partial charge in [-0.15, -0.1) is 0 Å². The summed E-state index contributed by atoms with van der Waals surface area (Å²) in [5.74, 6) is -2.83. The van der Waals surface area contributed by atoms with E-state index in [0.717, 1.165) is 0 Å². The van der Waals surface area contributed by atoms with Crippen molar-refractivity contribution in [1.82, 2.24) is 0 Å². The van der Waals surface area contributed by atoms with Gasteiger partial charge < -0.3 is 4.74 Å². The average molecular weight is 355 g/mol. The van der Waals surface area contributed by atoms with Crippen LogP contribution in [0, 0.1) is 5.82 Å². The molecule has 23 heavy (non-hydrogen) atoms. The number of benzene rings is 2. The highest BCUT2D eigenvalue weighted by atomic mass is 35.5. The van der Waals surface area contributed by atoms with E-state index in [2.05, 4.69) is 0 Å². The topological polar surface area (TPSA) is 43.4 Å². The molecule has 0 heterocycles. The van der Waals surface area contributed by atoms with Crippen molar-refractivity contribution in [1.29, 1.82) is 0 Å². The fourth-order valence-electron chi connectivity index (χ4n) is 2.23. The Morgan fingerprint density at radius 2 is 1.78 bits per heavy atom. The smallest absolute Gasteiger partial charge is 0.313 e. The molecule has 2 aromatic carbocycles. The molecule has 2 aromatic rings. The first kappa shape index (κ1) is 17.4. The number of Topliss-reactive ketones (excluding diaryl/α,β-unsaturated/α-hetero) is 1. The van der Waals surface area contributed by atoms with Crippen molar-refractivity contribution in [3.8, 4) is 0 Å². The van der Waals surface area contributed by atoms with Crippen LogP contribution in [0.25, 0.3) is 0 Å². The molecule has 1 atom stereocenters. The molecule has 3 nitrogen and oxygen atoms in total.